The molecule has 0 radical (unpaired) electrons. The molecule has 0 heterocycles. The maximum absolute atomic E-state index is 13.2. The summed E-state index contributed by atoms with van der Waals surface area (Å²) in [6, 6.07) is 12.1. The predicted octanol–water partition coefficient (Wildman–Crippen LogP) is 4.08. The fraction of sp³-hybridized carbons (Fsp3) is 0.217. The van der Waals surface area contributed by atoms with Crippen LogP contribution < -0.4 is 11.1 Å². The highest BCUT2D eigenvalue weighted by Crippen LogP contribution is 2.29. The number of hydrogen-bond acceptors (Lipinski definition) is 3. The summed E-state index contributed by atoms with van der Waals surface area (Å²) in [6.45, 7) is 4.63. The highest BCUT2D eigenvalue weighted by atomic mass is 19.1. The first-order valence-corrected chi connectivity index (χ1v) is 9.32. The molecule has 1 amide bonds. The van der Waals surface area contributed by atoms with Gasteiger partial charge in [0.1, 0.15) is 5.82 Å². The Kier molecular flexibility index (Phi) is 6.37. The summed E-state index contributed by atoms with van der Waals surface area (Å²) in [6.07, 6.45) is 7.26. The van der Waals surface area contributed by atoms with Gasteiger partial charge < -0.3 is 11.1 Å². The Morgan fingerprint density at radius 3 is 2.61 bits per heavy atom. The molecule has 0 atom stereocenters. The third kappa shape index (κ3) is 5.39. The highest BCUT2D eigenvalue weighted by molar-refractivity contribution is 5.87. The number of amides is 1. The zero-order chi connectivity index (χ0) is 19.9. The first kappa shape index (κ1) is 19.5. The van der Waals surface area contributed by atoms with Crippen molar-refractivity contribution in [2.75, 3.05) is 6.54 Å². The number of halogens is 1. The third-order valence-electron chi connectivity index (χ3n) is 4.66. The molecule has 1 aliphatic carbocycles. The number of nitrogens with one attached hydrogen (secondary N) is 1. The van der Waals surface area contributed by atoms with Crippen LogP contribution in [-0.2, 0) is 11.3 Å². The molecule has 0 aliphatic heterocycles. The third-order valence-corrected chi connectivity index (χ3v) is 4.66. The molecule has 1 aliphatic rings. The first-order valence-electron chi connectivity index (χ1n) is 9.32. The van der Waals surface area contributed by atoms with E-state index < -0.39 is 0 Å². The van der Waals surface area contributed by atoms with Crippen molar-refractivity contribution in [1.29, 1.82) is 0 Å². The molecular weight excluding hydrogens is 353 g/mol. The van der Waals surface area contributed by atoms with Crippen LogP contribution >= 0.6 is 0 Å². The Bertz CT molecular complexity index is 912. The topological polar surface area (TPSA) is 67.5 Å². The fourth-order valence-corrected chi connectivity index (χ4v) is 2.81. The molecule has 3 rings (SSSR count). The van der Waals surface area contributed by atoms with Crippen LogP contribution in [0.3, 0.4) is 0 Å². The molecule has 4 nitrogen and oxygen atoms in total. The summed E-state index contributed by atoms with van der Waals surface area (Å²) < 4.78 is 13.2. The normalized spacial score (nSPS) is 14.2. The van der Waals surface area contributed by atoms with Crippen LogP contribution in [0.15, 0.2) is 66.2 Å². The van der Waals surface area contributed by atoms with E-state index >= 15 is 0 Å². The minimum atomic E-state index is -0.279. The van der Waals surface area contributed by atoms with Gasteiger partial charge in [-0.15, -0.1) is 0 Å². The molecule has 0 aromatic heterocycles. The highest BCUT2D eigenvalue weighted by Gasteiger charge is 2.19. The van der Waals surface area contributed by atoms with Crippen LogP contribution in [0.1, 0.15) is 24.0 Å². The molecule has 1 fully saturated rings. The molecule has 3 N–H and O–H groups in total. The average Bonchev–Trinajstić information content (AvgIpc) is 3.54. The Morgan fingerprint density at radius 1 is 1.21 bits per heavy atom. The van der Waals surface area contributed by atoms with Crippen LogP contribution in [0.25, 0.3) is 16.8 Å². The molecule has 0 unspecified atom stereocenters. The number of allylic oxidation sites excluding steroid dienone is 1. The van der Waals surface area contributed by atoms with Crippen LogP contribution in [0, 0.1) is 11.7 Å². The standard InChI is InChI=1S/C23H24FN3O/c1-2-23(28)27-15-19-6-5-18(17-7-9-20(24)10-8-17)13-21(19)22(25)11-12-26-14-16-3-4-16/h2,5-13,16H,1,3-4,14-15,25H2,(H,27,28)/b22-11-,26-12?. The van der Waals surface area contributed by atoms with Crippen molar-refractivity contribution in [3.05, 3.63) is 78.1 Å². The number of nitrogens with zero attached hydrogens (tertiary/aromatic N) is 1. The van der Waals surface area contributed by atoms with Crippen molar-refractivity contribution in [2.45, 2.75) is 19.4 Å². The smallest absolute Gasteiger partial charge is 0.243 e. The van der Waals surface area contributed by atoms with E-state index in [0.29, 0.717) is 12.2 Å². The molecule has 1 saturated carbocycles. The van der Waals surface area contributed by atoms with E-state index in [0.717, 1.165) is 34.7 Å². The Morgan fingerprint density at radius 2 is 1.93 bits per heavy atom. The average molecular weight is 377 g/mol. The second-order valence-electron chi connectivity index (χ2n) is 6.88. The van der Waals surface area contributed by atoms with Gasteiger partial charge in [0.15, 0.2) is 0 Å². The van der Waals surface area contributed by atoms with E-state index in [1.165, 1.54) is 31.1 Å². The Balaban J connectivity index is 1.88. The summed E-state index contributed by atoms with van der Waals surface area (Å²) in [5.74, 6) is 0.193. The molecule has 0 saturated heterocycles. The van der Waals surface area contributed by atoms with Gasteiger partial charge >= 0.3 is 0 Å². The number of carbonyl (C=O) groups excluding carboxylic acids is 1. The Labute approximate surface area is 164 Å². The SMILES string of the molecule is C=CC(=O)NCc1ccc(-c2ccc(F)cc2)cc1/C(N)=C/C=NCC1CC1. The quantitative estimate of drug-likeness (QED) is 0.538. The number of benzene rings is 2. The molecule has 5 heteroatoms. The van der Waals surface area contributed by atoms with Crippen molar-refractivity contribution < 1.29 is 9.18 Å². The monoisotopic (exact) mass is 377 g/mol. The van der Waals surface area contributed by atoms with E-state index in [9.17, 15) is 9.18 Å². The lowest BCUT2D eigenvalue weighted by Gasteiger charge is -2.13. The number of carbonyl (C=O) groups is 1. The van der Waals surface area contributed by atoms with Crippen molar-refractivity contribution in [1.82, 2.24) is 5.32 Å². The maximum atomic E-state index is 13.2. The van der Waals surface area contributed by atoms with Crippen molar-refractivity contribution in [3.63, 3.8) is 0 Å². The van der Waals surface area contributed by atoms with Crippen molar-refractivity contribution in [3.8, 4) is 11.1 Å². The van der Waals surface area contributed by atoms with Crippen molar-refractivity contribution >= 4 is 17.8 Å². The van der Waals surface area contributed by atoms with Gasteiger partial charge in [-0.05, 0) is 65.8 Å². The maximum Gasteiger partial charge on any atom is 0.243 e. The summed E-state index contributed by atoms with van der Waals surface area (Å²) in [5, 5.41) is 2.78. The first-order chi connectivity index (χ1) is 13.6. The predicted molar refractivity (Wildman–Crippen MR) is 112 cm³/mol. The van der Waals surface area contributed by atoms with Gasteiger partial charge in [0.2, 0.25) is 5.91 Å². The van der Waals surface area contributed by atoms with Gasteiger partial charge in [0.05, 0.1) is 0 Å². The van der Waals surface area contributed by atoms with E-state index in [2.05, 4.69) is 16.9 Å². The molecule has 0 spiro atoms. The summed E-state index contributed by atoms with van der Waals surface area (Å²) >= 11 is 0. The molecule has 2 aromatic rings. The lowest BCUT2D eigenvalue weighted by molar-refractivity contribution is -0.116. The summed E-state index contributed by atoms with van der Waals surface area (Å²) in [5.41, 5.74) is 10.4. The van der Waals surface area contributed by atoms with Crippen molar-refractivity contribution in [2.24, 2.45) is 16.6 Å². The summed E-state index contributed by atoms with van der Waals surface area (Å²) in [4.78, 5) is 15.9. The number of rotatable bonds is 8. The zero-order valence-electron chi connectivity index (χ0n) is 15.7. The van der Waals surface area contributed by atoms with E-state index in [1.54, 1.807) is 24.4 Å². The second kappa shape index (κ2) is 9.13. The van der Waals surface area contributed by atoms with E-state index in [-0.39, 0.29) is 11.7 Å². The minimum absolute atomic E-state index is 0.248. The lowest BCUT2D eigenvalue weighted by Crippen LogP contribution is -2.21. The number of aliphatic imine (C=N–C) groups is 1. The largest absolute Gasteiger partial charge is 0.398 e. The second-order valence-corrected chi connectivity index (χ2v) is 6.88. The van der Waals surface area contributed by atoms with Crippen LogP contribution in [0.2, 0.25) is 0 Å². The molecular formula is C23H24FN3O. The van der Waals surface area contributed by atoms with Gasteiger partial charge in [-0.25, -0.2) is 4.39 Å². The van der Waals surface area contributed by atoms with Gasteiger partial charge in [0, 0.05) is 30.6 Å². The van der Waals surface area contributed by atoms with Crippen LogP contribution in [-0.4, -0.2) is 18.7 Å². The van der Waals surface area contributed by atoms with Crippen LogP contribution in [0.4, 0.5) is 4.39 Å². The molecule has 144 valence electrons. The Hall–Kier alpha value is -3.21. The number of hydrogen-bond donors (Lipinski definition) is 2. The fourth-order valence-electron chi connectivity index (χ4n) is 2.81. The molecule has 28 heavy (non-hydrogen) atoms. The number of nitrogens with two attached hydrogens (primary N) is 1. The van der Waals surface area contributed by atoms with Gasteiger partial charge in [-0.3, -0.25) is 9.79 Å². The van der Waals surface area contributed by atoms with Crippen LogP contribution in [0.5, 0.6) is 0 Å². The summed E-state index contributed by atoms with van der Waals surface area (Å²) in [7, 11) is 0. The lowest BCUT2D eigenvalue weighted by atomic mass is 9.97. The molecule has 2 aromatic carbocycles. The van der Waals surface area contributed by atoms with Gasteiger partial charge in [-0.1, -0.05) is 30.8 Å². The molecule has 0 bridgehead atoms. The van der Waals surface area contributed by atoms with Gasteiger partial charge in [-0.2, -0.15) is 0 Å². The van der Waals surface area contributed by atoms with E-state index in [4.69, 9.17) is 5.73 Å². The minimum Gasteiger partial charge on any atom is -0.398 e. The van der Waals surface area contributed by atoms with E-state index in [1.807, 2.05) is 18.2 Å². The van der Waals surface area contributed by atoms with Gasteiger partial charge in [0.25, 0.3) is 0 Å². The zero-order valence-corrected chi connectivity index (χ0v) is 15.7.